The zero-order valence-electron chi connectivity index (χ0n) is 14.5. The summed E-state index contributed by atoms with van der Waals surface area (Å²) in [5.74, 6) is -0.264. The number of fused-ring (bicyclic) bond motifs is 1. The van der Waals surface area contributed by atoms with Crippen molar-refractivity contribution in [2.45, 2.75) is 19.4 Å². The van der Waals surface area contributed by atoms with Gasteiger partial charge in [-0.2, -0.15) is 0 Å². The summed E-state index contributed by atoms with van der Waals surface area (Å²) >= 11 is 1.52. The van der Waals surface area contributed by atoms with Crippen molar-refractivity contribution in [1.82, 2.24) is 15.3 Å². The Bertz CT molecular complexity index is 1070. The molecule has 0 radical (unpaired) electrons. The molecular weight excluding hydrogens is 361 g/mol. The van der Waals surface area contributed by atoms with Crippen LogP contribution in [0.5, 0.6) is 0 Å². The Morgan fingerprint density at radius 1 is 1.15 bits per heavy atom. The molecule has 2 N–H and O–H groups in total. The molecular formula is C21H18FN3OS. The average Bonchev–Trinajstić information content (AvgIpc) is 3.32. The predicted octanol–water partition coefficient (Wildman–Crippen LogP) is 4.68. The Balaban J connectivity index is 1.31. The van der Waals surface area contributed by atoms with Gasteiger partial charge in [0.15, 0.2) is 0 Å². The first-order chi connectivity index (χ1) is 13.2. The summed E-state index contributed by atoms with van der Waals surface area (Å²) in [6.07, 6.45) is 2.91. The van der Waals surface area contributed by atoms with Crippen LogP contribution >= 0.6 is 11.3 Å². The number of carbonyl (C=O) groups is 1. The van der Waals surface area contributed by atoms with E-state index in [2.05, 4.69) is 15.3 Å². The molecule has 1 amide bonds. The minimum Gasteiger partial charge on any atom is -0.361 e. The van der Waals surface area contributed by atoms with Gasteiger partial charge >= 0.3 is 0 Å². The molecule has 0 saturated heterocycles. The monoisotopic (exact) mass is 379 g/mol. The third-order valence-corrected chi connectivity index (χ3v) is 5.32. The SMILES string of the molecule is O=C(CCc1nc(-c2ccc(F)cc2)cs1)NCc1c[nH]c2ccccc12. The van der Waals surface area contributed by atoms with Gasteiger partial charge in [0.05, 0.1) is 10.7 Å². The maximum absolute atomic E-state index is 13.0. The standard InChI is InChI=1S/C21H18FN3OS/c22-16-7-5-14(6-8-16)19-13-27-21(25-19)10-9-20(26)24-12-15-11-23-18-4-2-1-3-17(15)18/h1-8,11,13,23H,9-10,12H2,(H,24,26). The van der Waals surface area contributed by atoms with Gasteiger partial charge in [0.2, 0.25) is 5.91 Å². The van der Waals surface area contributed by atoms with Gasteiger partial charge in [-0.25, -0.2) is 9.37 Å². The minimum absolute atomic E-state index is 0.00110. The number of aromatic amines is 1. The number of benzene rings is 2. The van der Waals surface area contributed by atoms with E-state index in [1.54, 1.807) is 12.1 Å². The Kier molecular flexibility index (Phi) is 4.98. The highest BCUT2D eigenvalue weighted by molar-refractivity contribution is 7.09. The number of aryl methyl sites for hydroxylation is 1. The van der Waals surface area contributed by atoms with Crippen molar-refractivity contribution in [3.8, 4) is 11.3 Å². The number of amides is 1. The van der Waals surface area contributed by atoms with Gasteiger partial charge in [0.1, 0.15) is 5.82 Å². The number of nitrogens with zero attached hydrogens (tertiary/aromatic N) is 1. The maximum atomic E-state index is 13.0. The van der Waals surface area contributed by atoms with E-state index in [0.29, 0.717) is 19.4 Å². The van der Waals surface area contributed by atoms with Crippen molar-refractivity contribution in [1.29, 1.82) is 0 Å². The van der Waals surface area contributed by atoms with Crippen molar-refractivity contribution in [2.24, 2.45) is 0 Å². The summed E-state index contributed by atoms with van der Waals surface area (Å²) in [6.45, 7) is 0.502. The third kappa shape index (κ3) is 4.06. The number of halogens is 1. The van der Waals surface area contributed by atoms with Crippen molar-refractivity contribution in [2.75, 3.05) is 0 Å². The molecule has 0 fully saturated rings. The molecule has 2 aromatic carbocycles. The quantitative estimate of drug-likeness (QED) is 0.511. The molecule has 0 saturated carbocycles. The summed E-state index contributed by atoms with van der Waals surface area (Å²) < 4.78 is 13.0. The number of carbonyl (C=O) groups excluding carboxylic acids is 1. The topological polar surface area (TPSA) is 57.8 Å². The summed E-state index contributed by atoms with van der Waals surface area (Å²) in [6, 6.07) is 14.3. The van der Waals surface area contributed by atoms with Crippen LogP contribution in [0.1, 0.15) is 17.0 Å². The molecule has 0 spiro atoms. The number of nitrogens with one attached hydrogen (secondary N) is 2. The molecule has 4 nitrogen and oxygen atoms in total. The Labute approximate surface area is 160 Å². The van der Waals surface area contributed by atoms with E-state index in [1.165, 1.54) is 23.5 Å². The molecule has 2 heterocycles. The van der Waals surface area contributed by atoms with Crippen molar-refractivity contribution in [3.63, 3.8) is 0 Å². The van der Waals surface area contributed by atoms with Crippen molar-refractivity contribution >= 4 is 28.1 Å². The van der Waals surface area contributed by atoms with E-state index in [0.717, 1.165) is 32.7 Å². The van der Waals surface area contributed by atoms with Gasteiger partial charge in [-0.15, -0.1) is 11.3 Å². The van der Waals surface area contributed by atoms with Gasteiger partial charge in [0, 0.05) is 47.4 Å². The second-order valence-electron chi connectivity index (χ2n) is 6.27. The normalized spacial score (nSPS) is 11.0. The smallest absolute Gasteiger partial charge is 0.220 e. The molecule has 4 aromatic rings. The van der Waals surface area contributed by atoms with Crippen molar-refractivity contribution < 1.29 is 9.18 Å². The Morgan fingerprint density at radius 2 is 1.96 bits per heavy atom. The fourth-order valence-electron chi connectivity index (χ4n) is 2.96. The number of hydrogen-bond acceptors (Lipinski definition) is 3. The molecule has 6 heteroatoms. The molecule has 0 aliphatic heterocycles. The van der Waals surface area contributed by atoms with E-state index >= 15 is 0 Å². The van der Waals surface area contributed by atoms with E-state index in [4.69, 9.17) is 0 Å². The molecule has 4 rings (SSSR count). The lowest BCUT2D eigenvalue weighted by atomic mass is 10.1. The molecule has 2 aromatic heterocycles. The van der Waals surface area contributed by atoms with Crippen LogP contribution in [0.2, 0.25) is 0 Å². The Morgan fingerprint density at radius 3 is 2.81 bits per heavy atom. The minimum atomic E-state index is -0.263. The first-order valence-corrected chi connectivity index (χ1v) is 9.59. The van der Waals surface area contributed by atoms with Gasteiger partial charge in [0.25, 0.3) is 0 Å². The first kappa shape index (κ1) is 17.4. The highest BCUT2D eigenvalue weighted by atomic mass is 32.1. The average molecular weight is 379 g/mol. The van der Waals surface area contributed by atoms with Crippen LogP contribution in [0.4, 0.5) is 4.39 Å². The largest absolute Gasteiger partial charge is 0.361 e. The zero-order chi connectivity index (χ0) is 18.6. The summed E-state index contributed by atoms with van der Waals surface area (Å²) in [4.78, 5) is 19.9. The third-order valence-electron chi connectivity index (χ3n) is 4.41. The van der Waals surface area contributed by atoms with Crippen LogP contribution in [0.25, 0.3) is 22.2 Å². The van der Waals surface area contributed by atoms with Gasteiger partial charge < -0.3 is 10.3 Å². The van der Waals surface area contributed by atoms with Gasteiger partial charge in [-0.1, -0.05) is 18.2 Å². The highest BCUT2D eigenvalue weighted by Gasteiger charge is 2.09. The number of aromatic nitrogens is 2. The summed E-state index contributed by atoms with van der Waals surface area (Å²) in [7, 11) is 0. The maximum Gasteiger partial charge on any atom is 0.220 e. The molecule has 27 heavy (non-hydrogen) atoms. The van der Waals surface area contributed by atoms with E-state index in [-0.39, 0.29) is 11.7 Å². The molecule has 0 aliphatic rings. The highest BCUT2D eigenvalue weighted by Crippen LogP contribution is 2.23. The molecule has 0 unspecified atom stereocenters. The second kappa shape index (κ2) is 7.72. The van der Waals surface area contributed by atoms with E-state index < -0.39 is 0 Å². The molecule has 0 atom stereocenters. The van der Waals surface area contributed by atoms with Crippen LogP contribution < -0.4 is 5.32 Å². The first-order valence-electron chi connectivity index (χ1n) is 8.71. The van der Waals surface area contributed by atoms with E-state index in [1.807, 2.05) is 35.8 Å². The van der Waals surface area contributed by atoms with Crippen LogP contribution in [0, 0.1) is 5.82 Å². The predicted molar refractivity (Wildman–Crippen MR) is 106 cm³/mol. The Hall–Kier alpha value is -2.99. The number of para-hydroxylation sites is 1. The van der Waals surface area contributed by atoms with Crippen LogP contribution in [-0.4, -0.2) is 15.9 Å². The molecule has 136 valence electrons. The molecule has 0 aliphatic carbocycles. The lowest BCUT2D eigenvalue weighted by Crippen LogP contribution is -2.22. The lowest BCUT2D eigenvalue weighted by Gasteiger charge is -2.03. The summed E-state index contributed by atoms with van der Waals surface area (Å²) in [5, 5.41) is 6.93. The number of thiazole rings is 1. The van der Waals surface area contributed by atoms with Gasteiger partial charge in [-0.05, 0) is 35.9 Å². The number of H-pyrrole nitrogens is 1. The van der Waals surface area contributed by atoms with Gasteiger partial charge in [-0.3, -0.25) is 4.79 Å². The number of hydrogen-bond donors (Lipinski definition) is 2. The zero-order valence-corrected chi connectivity index (χ0v) is 15.4. The van der Waals surface area contributed by atoms with Crippen LogP contribution in [0.15, 0.2) is 60.1 Å². The molecule has 0 bridgehead atoms. The number of rotatable bonds is 6. The lowest BCUT2D eigenvalue weighted by molar-refractivity contribution is -0.121. The van der Waals surface area contributed by atoms with Crippen LogP contribution in [-0.2, 0) is 17.8 Å². The van der Waals surface area contributed by atoms with Crippen molar-refractivity contribution in [3.05, 3.63) is 76.5 Å². The second-order valence-corrected chi connectivity index (χ2v) is 7.21. The van der Waals surface area contributed by atoms with Crippen LogP contribution in [0.3, 0.4) is 0 Å². The fraction of sp³-hybridized carbons (Fsp3) is 0.143. The van der Waals surface area contributed by atoms with E-state index in [9.17, 15) is 9.18 Å². The fourth-order valence-corrected chi connectivity index (χ4v) is 3.77. The summed E-state index contributed by atoms with van der Waals surface area (Å²) in [5.41, 5.74) is 3.83.